The summed E-state index contributed by atoms with van der Waals surface area (Å²) in [4.78, 5) is 0. The van der Waals surface area contributed by atoms with Crippen LogP contribution in [-0.4, -0.2) is 0 Å². The normalized spacial score (nSPS) is 11.7. The summed E-state index contributed by atoms with van der Waals surface area (Å²) in [7, 11) is 0. The Hall–Kier alpha value is -1.03. The summed E-state index contributed by atoms with van der Waals surface area (Å²) >= 11 is 0. The number of benzene rings is 1. The monoisotopic (exact) mass is 174 g/mol. The molecule has 1 nitrogen and oxygen atoms in total. The van der Waals surface area contributed by atoms with Gasteiger partial charge in [0.15, 0.2) is 0 Å². The molecule has 65 valence electrons. The smallest absolute Gasteiger partial charge is 0.326 e. The SMILES string of the molecule is NCc1ccc[c]c1C(F)(F)F. The number of rotatable bonds is 1. The lowest BCUT2D eigenvalue weighted by atomic mass is 10.1. The Morgan fingerprint density at radius 2 is 2.08 bits per heavy atom. The molecule has 1 rings (SSSR count). The molecular formula is C8H7F3N. The zero-order chi connectivity index (χ0) is 9.19. The van der Waals surface area contributed by atoms with Gasteiger partial charge in [-0.1, -0.05) is 18.2 Å². The fourth-order valence-corrected chi connectivity index (χ4v) is 0.906. The van der Waals surface area contributed by atoms with Gasteiger partial charge in [0.1, 0.15) is 0 Å². The average molecular weight is 174 g/mol. The molecule has 0 aliphatic rings. The Labute approximate surface area is 68.0 Å². The third-order valence-electron chi connectivity index (χ3n) is 1.45. The van der Waals surface area contributed by atoms with E-state index in [0.29, 0.717) is 0 Å². The van der Waals surface area contributed by atoms with Gasteiger partial charge in [0.05, 0.1) is 5.56 Å². The third-order valence-corrected chi connectivity index (χ3v) is 1.45. The van der Waals surface area contributed by atoms with Crippen LogP contribution in [0.4, 0.5) is 13.2 Å². The van der Waals surface area contributed by atoms with E-state index in [1.807, 2.05) is 0 Å². The van der Waals surface area contributed by atoms with Gasteiger partial charge in [-0.05, 0) is 11.6 Å². The maximum Gasteiger partial charge on any atom is 0.417 e. The molecule has 0 atom stereocenters. The predicted octanol–water partition coefficient (Wildman–Crippen LogP) is 1.96. The van der Waals surface area contributed by atoms with Gasteiger partial charge in [-0.15, -0.1) is 0 Å². The van der Waals surface area contributed by atoms with E-state index < -0.39 is 11.7 Å². The molecule has 0 fully saturated rings. The molecule has 1 radical (unpaired) electrons. The Balaban J connectivity index is 3.14. The lowest BCUT2D eigenvalue weighted by Crippen LogP contribution is -2.11. The van der Waals surface area contributed by atoms with E-state index in [2.05, 4.69) is 6.07 Å². The van der Waals surface area contributed by atoms with Crippen LogP contribution in [-0.2, 0) is 12.7 Å². The first-order chi connectivity index (χ1) is 5.55. The molecule has 0 aromatic heterocycles. The zero-order valence-corrected chi connectivity index (χ0v) is 6.15. The maximum absolute atomic E-state index is 12.1. The van der Waals surface area contributed by atoms with Gasteiger partial charge >= 0.3 is 6.18 Å². The molecule has 0 saturated heterocycles. The van der Waals surface area contributed by atoms with E-state index in [1.54, 1.807) is 0 Å². The maximum atomic E-state index is 12.1. The number of hydrogen-bond acceptors (Lipinski definition) is 1. The van der Waals surface area contributed by atoms with Crippen molar-refractivity contribution < 1.29 is 13.2 Å². The van der Waals surface area contributed by atoms with Crippen LogP contribution in [0.15, 0.2) is 18.2 Å². The second-order valence-electron chi connectivity index (χ2n) is 2.27. The number of alkyl halides is 3. The highest BCUT2D eigenvalue weighted by molar-refractivity contribution is 5.28. The van der Waals surface area contributed by atoms with Crippen molar-refractivity contribution in [2.24, 2.45) is 5.73 Å². The van der Waals surface area contributed by atoms with Crippen LogP contribution >= 0.6 is 0 Å². The van der Waals surface area contributed by atoms with Crippen LogP contribution in [0.5, 0.6) is 0 Å². The summed E-state index contributed by atoms with van der Waals surface area (Å²) in [6.07, 6.45) is -4.35. The molecule has 1 aromatic rings. The van der Waals surface area contributed by atoms with E-state index in [9.17, 15) is 13.2 Å². The standard InChI is InChI=1S/C8H7F3N/c9-8(10,11)7-4-2-1-3-6(7)5-12/h1-3H,5,12H2. The molecule has 2 N–H and O–H groups in total. The summed E-state index contributed by atoms with van der Waals surface area (Å²) in [5, 5.41) is 0. The molecule has 0 unspecified atom stereocenters. The van der Waals surface area contributed by atoms with Crippen molar-refractivity contribution in [2.75, 3.05) is 0 Å². The number of hydrogen-bond donors (Lipinski definition) is 1. The van der Waals surface area contributed by atoms with Crippen molar-refractivity contribution in [3.63, 3.8) is 0 Å². The summed E-state index contributed by atoms with van der Waals surface area (Å²) in [6, 6.07) is 6.18. The average Bonchev–Trinajstić information content (AvgIpc) is 2.03. The first-order valence-electron chi connectivity index (χ1n) is 3.32. The third kappa shape index (κ3) is 1.76. The van der Waals surface area contributed by atoms with E-state index in [-0.39, 0.29) is 12.1 Å². The van der Waals surface area contributed by atoms with Gasteiger partial charge in [0, 0.05) is 6.54 Å². The van der Waals surface area contributed by atoms with Crippen LogP contribution in [0.1, 0.15) is 11.1 Å². The Morgan fingerprint density at radius 3 is 2.50 bits per heavy atom. The molecule has 0 spiro atoms. The van der Waals surface area contributed by atoms with Crippen LogP contribution < -0.4 is 5.73 Å². The molecule has 0 aliphatic carbocycles. The highest BCUT2D eigenvalue weighted by Gasteiger charge is 2.32. The molecular weight excluding hydrogens is 167 g/mol. The molecule has 4 heteroatoms. The van der Waals surface area contributed by atoms with E-state index in [0.717, 1.165) is 0 Å². The Kier molecular flexibility index (Phi) is 2.38. The minimum absolute atomic E-state index is 0.0741. The highest BCUT2D eigenvalue weighted by atomic mass is 19.4. The van der Waals surface area contributed by atoms with Crippen molar-refractivity contribution >= 4 is 0 Å². The molecule has 0 saturated carbocycles. The molecule has 12 heavy (non-hydrogen) atoms. The largest absolute Gasteiger partial charge is 0.417 e. The molecule has 0 aliphatic heterocycles. The number of halogens is 3. The van der Waals surface area contributed by atoms with E-state index >= 15 is 0 Å². The zero-order valence-electron chi connectivity index (χ0n) is 6.15. The van der Waals surface area contributed by atoms with Crippen LogP contribution in [0.25, 0.3) is 0 Å². The van der Waals surface area contributed by atoms with Crippen molar-refractivity contribution in [1.82, 2.24) is 0 Å². The fourth-order valence-electron chi connectivity index (χ4n) is 0.906. The van der Waals surface area contributed by atoms with Crippen LogP contribution in [0.2, 0.25) is 0 Å². The lowest BCUT2D eigenvalue weighted by Gasteiger charge is -2.09. The Bertz CT molecular complexity index is 267. The summed E-state index contributed by atoms with van der Waals surface area (Å²) in [5.74, 6) is 0. The van der Waals surface area contributed by atoms with Gasteiger partial charge in [-0.3, -0.25) is 0 Å². The molecule has 0 bridgehead atoms. The molecule has 1 aromatic carbocycles. The fraction of sp³-hybridized carbons (Fsp3) is 0.250. The topological polar surface area (TPSA) is 26.0 Å². The quantitative estimate of drug-likeness (QED) is 0.692. The first-order valence-corrected chi connectivity index (χ1v) is 3.32. The highest BCUT2D eigenvalue weighted by Crippen LogP contribution is 2.30. The van der Waals surface area contributed by atoms with Gasteiger partial charge in [0.25, 0.3) is 0 Å². The summed E-state index contributed by atoms with van der Waals surface area (Å²) in [5.41, 5.74) is 4.43. The van der Waals surface area contributed by atoms with Crippen molar-refractivity contribution in [1.29, 1.82) is 0 Å². The second-order valence-corrected chi connectivity index (χ2v) is 2.27. The number of nitrogens with two attached hydrogens (primary N) is 1. The van der Waals surface area contributed by atoms with Crippen molar-refractivity contribution in [3.05, 3.63) is 35.4 Å². The van der Waals surface area contributed by atoms with Crippen LogP contribution in [0, 0.1) is 6.07 Å². The Morgan fingerprint density at radius 1 is 1.42 bits per heavy atom. The van der Waals surface area contributed by atoms with Crippen molar-refractivity contribution in [3.8, 4) is 0 Å². The van der Waals surface area contributed by atoms with Gasteiger partial charge in [0.2, 0.25) is 0 Å². The minimum atomic E-state index is -4.35. The first kappa shape index (κ1) is 9.06. The van der Waals surface area contributed by atoms with Gasteiger partial charge in [-0.25, -0.2) is 0 Å². The minimum Gasteiger partial charge on any atom is -0.326 e. The molecule has 0 heterocycles. The molecule has 0 amide bonds. The van der Waals surface area contributed by atoms with E-state index in [4.69, 9.17) is 5.73 Å². The summed E-state index contributed by atoms with van der Waals surface area (Å²) < 4.78 is 36.4. The van der Waals surface area contributed by atoms with Crippen molar-refractivity contribution in [2.45, 2.75) is 12.7 Å². The predicted molar refractivity (Wildman–Crippen MR) is 38.2 cm³/mol. The summed E-state index contributed by atoms with van der Waals surface area (Å²) in [6.45, 7) is -0.119. The van der Waals surface area contributed by atoms with Crippen LogP contribution in [0.3, 0.4) is 0 Å². The van der Waals surface area contributed by atoms with Gasteiger partial charge < -0.3 is 5.73 Å². The van der Waals surface area contributed by atoms with E-state index in [1.165, 1.54) is 18.2 Å². The lowest BCUT2D eigenvalue weighted by molar-refractivity contribution is -0.138. The second kappa shape index (κ2) is 3.15. The van der Waals surface area contributed by atoms with Gasteiger partial charge in [-0.2, -0.15) is 13.2 Å².